The lowest BCUT2D eigenvalue weighted by atomic mass is 10.2. The number of nitrogens with zero attached hydrogens (tertiary/aromatic N) is 1. The highest BCUT2D eigenvalue weighted by atomic mass is 79.9. The number of benzene rings is 1. The third kappa shape index (κ3) is 3.27. The number of esters is 1. The molecule has 106 valence electrons. The van der Waals surface area contributed by atoms with Gasteiger partial charge in [-0.1, -0.05) is 61.8 Å². The molecule has 7 heteroatoms. The van der Waals surface area contributed by atoms with Gasteiger partial charge in [0, 0.05) is 0 Å². The summed E-state index contributed by atoms with van der Waals surface area (Å²) in [6, 6.07) is 9.21. The Morgan fingerprint density at radius 1 is 1.40 bits per heavy atom. The van der Waals surface area contributed by atoms with E-state index in [-0.39, 0.29) is 17.9 Å². The van der Waals surface area contributed by atoms with Gasteiger partial charge in [-0.25, -0.2) is 9.79 Å². The number of alkyl halides is 2. The molecule has 0 atom stereocenters. The summed E-state index contributed by atoms with van der Waals surface area (Å²) in [7, 11) is 0. The molecule has 1 heterocycles. The number of carbonyl (C=O) groups is 1. The fourth-order valence-electron chi connectivity index (χ4n) is 1.55. The molecule has 0 saturated heterocycles. The first-order valence-electron chi connectivity index (χ1n) is 5.77. The fraction of sp³-hybridized carbons (Fsp3) is 0.231. The predicted octanol–water partition coefficient (Wildman–Crippen LogP) is 4.28. The van der Waals surface area contributed by atoms with Gasteiger partial charge in [0.2, 0.25) is 0 Å². The van der Waals surface area contributed by atoms with Crippen molar-refractivity contribution in [1.29, 1.82) is 0 Å². The maximum Gasteiger partial charge on any atom is 0.344 e. The number of carbonyl (C=O) groups excluding carboxylic acids is 1. The van der Waals surface area contributed by atoms with Crippen LogP contribution in [0.4, 0.5) is 5.69 Å². The molecular weight excluding hydrogens is 410 g/mol. The van der Waals surface area contributed by atoms with E-state index >= 15 is 0 Å². The second-order valence-corrected chi connectivity index (χ2v) is 9.51. The largest absolute Gasteiger partial charge is 0.508 e. The van der Waals surface area contributed by atoms with E-state index in [1.54, 1.807) is 6.92 Å². The van der Waals surface area contributed by atoms with E-state index in [1.807, 2.05) is 30.3 Å². The molecule has 20 heavy (non-hydrogen) atoms. The second kappa shape index (κ2) is 6.32. The molecule has 2 rings (SSSR count). The summed E-state index contributed by atoms with van der Waals surface area (Å²) in [6.45, 7) is 1.94. The fourth-order valence-corrected chi connectivity index (χ4v) is 3.74. The van der Waals surface area contributed by atoms with Crippen molar-refractivity contribution in [3.8, 4) is 0 Å². The summed E-state index contributed by atoms with van der Waals surface area (Å²) < 4.78 is 4.02. The summed E-state index contributed by atoms with van der Waals surface area (Å²) >= 11 is 7.80. The van der Waals surface area contributed by atoms with Crippen LogP contribution >= 0.6 is 43.6 Å². The zero-order chi connectivity index (χ0) is 14.8. The molecule has 1 aromatic rings. The molecule has 1 aliphatic rings. The average molecular weight is 421 g/mol. The number of hydrogen-bond acceptors (Lipinski definition) is 5. The number of thioether (sulfide) groups is 1. The van der Waals surface area contributed by atoms with Crippen LogP contribution in [-0.4, -0.2) is 25.3 Å². The molecule has 0 unspecified atom stereocenters. The van der Waals surface area contributed by atoms with Crippen molar-refractivity contribution >= 4 is 60.3 Å². The zero-order valence-corrected chi connectivity index (χ0v) is 14.5. The highest BCUT2D eigenvalue weighted by Crippen LogP contribution is 2.52. The maximum atomic E-state index is 12.0. The molecule has 0 amide bonds. The molecule has 0 bridgehead atoms. The number of aliphatic imine (C=N–C) groups is 1. The number of halogens is 2. The summed E-state index contributed by atoms with van der Waals surface area (Å²) in [5, 5.41) is 10.5. The summed E-state index contributed by atoms with van der Waals surface area (Å²) in [4.78, 5) is 16.4. The Kier molecular flexibility index (Phi) is 4.93. The Labute approximate surface area is 137 Å². The normalized spacial score (nSPS) is 19.4. The van der Waals surface area contributed by atoms with Crippen LogP contribution in [0.5, 0.6) is 0 Å². The van der Waals surface area contributed by atoms with E-state index in [0.29, 0.717) is 10.7 Å². The highest BCUT2D eigenvalue weighted by Gasteiger charge is 2.45. The van der Waals surface area contributed by atoms with Crippen molar-refractivity contribution in [1.82, 2.24) is 0 Å². The summed E-state index contributed by atoms with van der Waals surface area (Å²) in [5.74, 6) is -0.733. The van der Waals surface area contributed by atoms with Gasteiger partial charge >= 0.3 is 5.97 Å². The SMILES string of the molecule is CCOC(=O)C1=C(O)C(Br)(Br)SC1=Nc1ccccc1. The quantitative estimate of drug-likeness (QED) is 0.585. The van der Waals surface area contributed by atoms with E-state index in [2.05, 4.69) is 36.9 Å². The highest BCUT2D eigenvalue weighted by molar-refractivity contribution is 9.28. The summed E-state index contributed by atoms with van der Waals surface area (Å²) in [6.07, 6.45) is 0. The van der Waals surface area contributed by atoms with Gasteiger partial charge in [-0.3, -0.25) is 0 Å². The number of aliphatic hydroxyl groups excluding tert-OH is 1. The number of rotatable bonds is 3. The molecule has 0 fully saturated rings. The number of hydrogen-bond donors (Lipinski definition) is 1. The smallest absolute Gasteiger partial charge is 0.344 e. The van der Waals surface area contributed by atoms with Crippen LogP contribution < -0.4 is 0 Å². The molecule has 1 aliphatic heterocycles. The van der Waals surface area contributed by atoms with Crippen molar-refractivity contribution in [2.24, 2.45) is 4.99 Å². The minimum atomic E-state index is -0.949. The van der Waals surface area contributed by atoms with Crippen LogP contribution in [0, 0.1) is 0 Å². The van der Waals surface area contributed by atoms with E-state index in [1.165, 1.54) is 11.8 Å². The molecule has 0 spiro atoms. The van der Waals surface area contributed by atoms with Crippen LogP contribution in [0.15, 0.2) is 46.7 Å². The molecule has 0 saturated carbocycles. The first-order chi connectivity index (χ1) is 9.45. The topological polar surface area (TPSA) is 58.9 Å². The van der Waals surface area contributed by atoms with Gasteiger partial charge in [-0.15, -0.1) is 0 Å². The summed E-state index contributed by atoms with van der Waals surface area (Å²) in [5.41, 5.74) is 0.775. The molecule has 1 N–H and O–H groups in total. The Hall–Kier alpha value is -0.790. The standard InChI is InChI=1S/C13H11Br2NO3S/c1-2-19-12(18)9-10(17)13(14,15)20-11(9)16-8-6-4-3-5-7-8/h3-7,17H,2H2,1H3. The van der Waals surface area contributed by atoms with Crippen molar-refractivity contribution in [3.63, 3.8) is 0 Å². The van der Waals surface area contributed by atoms with Gasteiger partial charge < -0.3 is 9.84 Å². The zero-order valence-electron chi connectivity index (χ0n) is 10.5. The van der Waals surface area contributed by atoms with E-state index < -0.39 is 8.53 Å². The number of para-hydroxylation sites is 1. The van der Waals surface area contributed by atoms with Crippen molar-refractivity contribution in [2.75, 3.05) is 6.61 Å². The van der Waals surface area contributed by atoms with Crippen molar-refractivity contribution in [3.05, 3.63) is 41.7 Å². The van der Waals surface area contributed by atoms with Crippen LogP contribution in [0.1, 0.15) is 6.92 Å². The average Bonchev–Trinajstić information content (AvgIpc) is 2.61. The van der Waals surface area contributed by atoms with Gasteiger partial charge in [-0.2, -0.15) is 0 Å². The Morgan fingerprint density at radius 3 is 2.65 bits per heavy atom. The third-order valence-corrected chi connectivity index (χ3v) is 5.08. The van der Waals surface area contributed by atoms with Crippen LogP contribution in [0.3, 0.4) is 0 Å². The lowest BCUT2D eigenvalue weighted by Crippen LogP contribution is -2.13. The lowest BCUT2D eigenvalue weighted by molar-refractivity contribution is -0.138. The monoisotopic (exact) mass is 419 g/mol. The van der Waals surface area contributed by atoms with Crippen molar-refractivity contribution < 1.29 is 14.6 Å². The van der Waals surface area contributed by atoms with Crippen LogP contribution in [-0.2, 0) is 9.53 Å². The minimum Gasteiger partial charge on any atom is -0.508 e. The molecule has 4 nitrogen and oxygen atoms in total. The van der Waals surface area contributed by atoms with Crippen molar-refractivity contribution in [2.45, 2.75) is 9.49 Å². The van der Waals surface area contributed by atoms with E-state index in [4.69, 9.17) is 4.74 Å². The predicted molar refractivity (Wildman–Crippen MR) is 88.0 cm³/mol. The van der Waals surface area contributed by atoms with E-state index in [9.17, 15) is 9.90 Å². The van der Waals surface area contributed by atoms with Crippen LogP contribution in [0.25, 0.3) is 0 Å². The molecule has 0 aromatic heterocycles. The van der Waals surface area contributed by atoms with Gasteiger partial charge in [0.1, 0.15) is 16.4 Å². The third-order valence-electron chi connectivity index (χ3n) is 2.42. The molecule has 1 aromatic carbocycles. The van der Waals surface area contributed by atoms with Gasteiger partial charge in [0.25, 0.3) is 0 Å². The number of aliphatic hydroxyl groups is 1. The second-order valence-electron chi connectivity index (χ2n) is 3.82. The first-order valence-corrected chi connectivity index (χ1v) is 8.17. The van der Waals surface area contributed by atoms with Crippen LogP contribution in [0.2, 0.25) is 0 Å². The van der Waals surface area contributed by atoms with Gasteiger partial charge in [-0.05, 0) is 19.1 Å². The Balaban J connectivity index is 2.43. The van der Waals surface area contributed by atoms with E-state index in [0.717, 1.165) is 0 Å². The maximum absolute atomic E-state index is 12.0. The minimum absolute atomic E-state index is 0.0782. The Bertz CT molecular complexity index is 585. The molecule has 0 radical (unpaired) electrons. The number of ether oxygens (including phenoxy) is 1. The Morgan fingerprint density at radius 2 is 2.05 bits per heavy atom. The van der Waals surface area contributed by atoms with Gasteiger partial charge in [0.15, 0.2) is 2.57 Å². The molecular formula is C13H11Br2NO3S. The van der Waals surface area contributed by atoms with Gasteiger partial charge in [0.05, 0.1) is 12.3 Å². The lowest BCUT2D eigenvalue weighted by Gasteiger charge is -2.10. The first kappa shape index (κ1) is 15.6. The molecule has 0 aliphatic carbocycles.